The van der Waals surface area contributed by atoms with E-state index >= 15 is 0 Å². The van der Waals surface area contributed by atoms with E-state index in [-0.39, 0.29) is 5.69 Å². The molecule has 5 nitrogen and oxygen atoms in total. The smallest absolute Gasteiger partial charge is 0.258 e. The van der Waals surface area contributed by atoms with Crippen LogP contribution in [0.25, 0.3) is 0 Å². The summed E-state index contributed by atoms with van der Waals surface area (Å²) in [5.41, 5.74) is 1.46. The second-order valence-electron chi connectivity index (χ2n) is 3.88. The second kappa shape index (κ2) is 5.95. The van der Waals surface area contributed by atoms with Gasteiger partial charge in [0.25, 0.3) is 5.69 Å². The Labute approximate surface area is 119 Å². The third-order valence-corrected chi connectivity index (χ3v) is 2.86. The summed E-state index contributed by atoms with van der Waals surface area (Å²) in [6, 6.07) is 12.9. The van der Waals surface area contributed by atoms with Crippen LogP contribution in [0.2, 0.25) is 5.02 Å². The molecule has 0 radical (unpaired) electrons. The largest absolute Gasteiger partial charge is 0.270 e. The van der Waals surface area contributed by atoms with E-state index < -0.39 is 4.92 Å². The average molecular weight is 286 g/mol. The Morgan fingerprint density at radius 3 is 2.80 bits per heavy atom. The molecule has 0 amide bonds. The molecule has 0 aliphatic carbocycles. The van der Waals surface area contributed by atoms with Crippen molar-refractivity contribution in [3.8, 4) is 6.07 Å². The number of nitrogens with zero attached hydrogens (tertiary/aromatic N) is 3. The van der Waals surface area contributed by atoms with Crippen molar-refractivity contribution in [3.63, 3.8) is 0 Å². The van der Waals surface area contributed by atoms with Crippen LogP contribution in [0.4, 0.5) is 11.4 Å². The van der Waals surface area contributed by atoms with Gasteiger partial charge in [0, 0.05) is 28.9 Å². The normalized spacial score (nSPS) is 10.4. The molecule has 0 fully saturated rings. The van der Waals surface area contributed by atoms with Crippen molar-refractivity contribution in [3.05, 3.63) is 68.7 Å². The summed E-state index contributed by atoms with van der Waals surface area (Å²) in [6.07, 6.45) is 1.44. The highest BCUT2D eigenvalue weighted by Crippen LogP contribution is 2.21. The van der Waals surface area contributed by atoms with Crippen LogP contribution in [0.1, 0.15) is 11.1 Å². The van der Waals surface area contributed by atoms with Gasteiger partial charge in [0.1, 0.15) is 0 Å². The van der Waals surface area contributed by atoms with Gasteiger partial charge in [-0.25, -0.2) is 0 Å². The lowest BCUT2D eigenvalue weighted by Gasteiger charge is -1.98. The number of hydrogen-bond donors (Lipinski definition) is 0. The first-order valence-corrected chi connectivity index (χ1v) is 5.96. The summed E-state index contributed by atoms with van der Waals surface area (Å²) in [7, 11) is 0. The monoisotopic (exact) mass is 285 g/mol. The molecule has 0 aliphatic heterocycles. The predicted octanol–water partition coefficient (Wildman–Crippen LogP) is 3.87. The molecule has 20 heavy (non-hydrogen) atoms. The lowest BCUT2D eigenvalue weighted by Crippen LogP contribution is -1.90. The highest BCUT2D eigenvalue weighted by atomic mass is 35.5. The molecule has 0 aromatic heterocycles. The van der Waals surface area contributed by atoms with Gasteiger partial charge in [0.15, 0.2) is 0 Å². The lowest BCUT2D eigenvalue weighted by atomic mass is 10.2. The number of non-ortho nitro benzene ring substituents is 1. The number of nitro groups is 1. The van der Waals surface area contributed by atoms with Gasteiger partial charge in [0.05, 0.1) is 22.2 Å². The van der Waals surface area contributed by atoms with E-state index in [1.807, 2.05) is 6.07 Å². The molecule has 0 bridgehead atoms. The standard InChI is InChI=1S/C14H8ClN3O2/c15-14-5-4-13(18(19)20)7-11(14)9-17-12-3-1-2-10(6-12)8-16/h1-7,9H/b17-9+. The van der Waals surface area contributed by atoms with Gasteiger partial charge in [-0.15, -0.1) is 0 Å². The molecule has 0 unspecified atom stereocenters. The molecule has 0 heterocycles. The number of benzene rings is 2. The van der Waals surface area contributed by atoms with Crippen LogP contribution in [-0.4, -0.2) is 11.1 Å². The number of nitriles is 1. The topological polar surface area (TPSA) is 79.3 Å². The van der Waals surface area contributed by atoms with E-state index in [1.165, 1.54) is 24.4 Å². The number of halogens is 1. The third-order valence-electron chi connectivity index (χ3n) is 2.52. The first-order chi connectivity index (χ1) is 9.60. The molecule has 0 aliphatic rings. The predicted molar refractivity (Wildman–Crippen MR) is 76.5 cm³/mol. The molecule has 2 aromatic rings. The Kier molecular flexibility index (Phi) is 4.08. The van der Waals surface area contributed by atoms with Gasteiger partial charge in [-0.1, -0.05) is 17.7 Å². The van der Waals surface area contributed by atoms with Crippen LogP contribution in [0.15, 0.2) is 47.5 Å². The van der Waals surface area contributed by atoms with E-state index in [4.69, 9.17) is 16.9 Å². The highest BCUT2D eigenvalue weighted by molar-refractivity contribution is 6.33. The summed E-state index contributed by atoms with van der Waals surface area (Å²) in [6.45, 7) is 0. The Morgan fingerprint density at radius 1 is 1.30 bits per heavy atom. The first kappa shape index (κ1) is 13.7. The molecular weight excluding hydrogens is 278 g/mol. The van der Waals surface area contributed by atoms with Crippen LogP contribution < -0.4 is 0 Å². The van der Waals surface area contributed by atoms with Crippen molar-refractivity contribution in [1.82, 2.24) is 0 Å². The SMILES string of the molecule is N#Cc1cccc(/N=C/c2cc([N+](=O)[O-])ccc2Cl)c1. The van der Waals surface area contributed by atoms with E-state index in [9.17, 15) is 10.1 Å². The van der Waals surface area contributed by atoms with Crippen LogP contribution >= 0.6 is 11.6 Å². The zero-order chi connectivity index (χ0) is 14.5. The fourth-order valence-corrected chi connectivity index (χ4v) is 1.71. The maximum atomic E-state index is 10.7. The maximum Gasteiger partial charge on any atom is 0.270 e. The van der Waals surface area contributed by atoms with E-state index in [0.717, 1.165) is 0 Å². The zero-order valence-corrected chi connectivity index (χ0v) is 10.9. The van der Waals surface area contributed by atoms with Crippen molar-refractivity contribution >= 4 is 29.2 Å². The van der Waals surface area contributed by atoms with Crippen molar-refractivity contribution in [2.24, 2.45) is 4.99 Å². The van der Waals surface area contributed by atoms with Crippen molar-refractivity contribution in [2.75, 3.05) is 0 Å². The first-order valence-electron chi connectivity index (χ1n) is 5.58. The quantitative estimate of drug-likeness (QED) is 0.488. The van der Waals surface area contributed by atoms with Crippen LogP contribution in [0.3, 0.4) is 0 Å². The average Bonchev–Trinajstić information content (AvgIpc) is 2.46. The molecule has 0 saturated carbocycles. The van der Waals surface area contributed by atoms with Crippen LogP contribution in [-0.2, 0) is 0 Å². The third kappa shape index (κ3) is 3.19. The Balaban J connectivity index is 2.33. The van der Waals surface area contributed by atoms with Crippen LogP contribution in [0.5, 0.6) is 0 Å². The Morgan fingerprint density at radius 2 is 2.10 bits per heavy atom. The number of rotatable bonds is 3. The Hall–Kier alpha value is -2.71. The zero-order valence-electron chi connectivity index (χ0n) is 10.2. The van der Waals surface area contributed by atoms with E-state index in [2.05, 4.69) is 4.99 Å². The summed E-state index contributed by atoms with van der Waals surface area (Å²) >= 11 is 5.96. The molecular formula is C14H8ClN3O2. The van der Waals surface area contributed by atoms with Crippen molar-refractivity contribution in [1.29, 1.82) is 5.26 Å². The van der Waals surface area contributed by atoms with E-state index in [0.29, 0.717) is 21.8 Å². The minimum atomic E-state index is -0.496. The minimum absolute atomic E-state index is 0.0541. The summed E-state index contributed by atoms with van der Waals surface area (Å²) in [4.78, 5) is 14.4. The fourth-order valence-electron chi connectivity index (χ4n) is 1.54. The molecule has 6 heteroatoms. The summed E-state index contributed by atoms with van der Waals surface area (Å²) in [5.74, 6) is 0. The number of nitro benzene ring substituents is 1. The molecule has 0 spiro atoms. The van der Waals surface area contributed by atoms with Gasteiger partial charge >= 0.3 is 0 Å². The maximum absolute atomic E-state index is 10.7. The highest BCUT2D eigenvalue weighted by Gasteiger charge is 2.08. The van der Waals surface area contributed by atoms with Gasteiger partial charge in [-0.05, 0) is 24.3 Å². The summed E-state index contributed by atoms with van der Waals surface area (Å²) < 4.78 is 0. The van der Waals surface area contributed by atoms with Crippen molar-refractivity contribution in [2.45, 2.75) is 0 Å². The van der Waals surface area contributed by atoms with E-state index in [1.54, 1.807) is 24.3 Å². The molecule has 98 valence electrons. The lowest BCUT2D eigenvalue weighted by molar-refractivity contribution is -0.384. The molecule has 0 saturated heterocycles. The van der Waals surface area contributed by atoms with Crippen LogP contribution in [0, 0.1) is 21.4 Å². The molecule has 0 atom stereocenters. The fraction of sp³-hybridized carbons (Fsp3) is 0. The van der Waals surface area contributed by atoms with Gasteiger partial charge < -0.3 is 0 Å². The van der Waals surface area contributed by atoms with Gasteiger partial charge in [-0.2, -0.15) is 5.26 Å². The van der Waals surface area contributed by atoms with Gasteiger partial charge in [0.2, 0.25) is 0 Å². The Bertz CT molecular complexity index is 735. The molecule has 2 rings (SSSR count). The van der Waals surface area contributed by atoms with Gasteiger partial charge in [-0.3, -0.25) is 15.1 Å². The molecule has 0 N–H and O–H groups in total. The number of hydrogen-bond acceptors (Lipinski definition) is 4. The number of aliphatic imine (C=N–C) groups is 1. The second-order valence-corrected chi connectivity index (χ2v) is 4.29. The molecule has 2 aromatic carbocycles. The minimum Gasteiger partial charge on any atom is -0.258 e. The van der Waals surface area contributed by atoms with Crippen molar-refractivity contribution < 1.29 is 4.92 Å². The summed E-state index contributed by atoms with van der Waals surface area (Å²) in [5, 5.41) is 19.9.